The number of halogens is 1. The summed E-state index contributed by atoms with van der Waals surface area (Å²) in [5.41, 5.74) is 2.60. The SMILES string of the molecule is CCOC(=O)COc1ccc(/C=c2\sc3n(c2=O)[C@H](c2ccc(Cl)cc2)C(C(=O)OCC)=C(c2ccccc2)N=3)cc1. The number of aromatic nitrogens is 1. The van der Waals surface area contributed by atoms with E-state index in [1.165, 1.54) is 15.9 Å². The Kier molecular flexibility index (Phi) is 9.00. The number of thiazole rings is 1. The van der Waals surface area contributed by atoms with Crippen LogP contribution in [0.25, 0.3) is 11.8 Å². The first-order valence-electron chi connectivity index (χ1n) is 13.3. The highest BCUT2D eigenvalue weighted by Crippen LogP contribution is 2.35. The molecule has 0 bridgehead atoms. The number of ether oxygens (including phenoxy) is 3. The van der Waals surface area contributed by atoms with Crippen LogP contribution in [0, 0.1) is 0 Å². The number of rotatable bonds is 9. The maximum absolute atomic E-state index is 13.9. The second-order valence-electron chi connectivity index (χ2n) is 9.15. The lowest BCUT2D eigenvalue weighted by Gasteiger charge is -2.25. The molecular weight excluding hydrogens is 576 g/mol. The third-order valence-electron chi connectivity index (χ3n) is 6.40. The molecule has 214 valence electrons. The lowest BCUT2D eigenvalue weighted by molar-refractivity contribution is -0.145. The lowest BCUT2D eigenvalue weighted by atomic mass is 9.93. The third kappa shape index (κ3) is 6.22. The van der Waals surface area contributed by atoms with Crippen LogP contribution in [0.4, 0.5) is 0 Å². The van der Waals surface area contributed by atoms with Crippen molar-refractivity contribution in [1.29, 1.82) is 0 Å². The van der Waals surface area contributed by atoms with E-state index in [1.807, 2.05) is 30.3 Å². The summed E-state index contributed by atoms with van der Waals surface area (Å²) < 4.78 is 17.8. The Labute approximate surface area is 250 Å². The van der Waals surface area contributed by atoms with Gasteiger partial charge in [-0.05, 0) is 55.3 Å². The molecule has 5 rings (SSSR count). The van der Waals surface area contributed by atoms with Crippen LogP contribution >= 0.6 is 22.9 Å². The van der Waals surface area contributed by atoms with Crippen LogP contribution in [0.1, 0.15) is 36.6 Å². The summed E-state index contributed by atoms with van der Waals surface area (Å²) in [4.78, 5) is 44.3. The van der Waals surface area contributed by atoms with Crippen LogP contribution in [0.2, 0.25) is 5.02 Å². The fourth-order valence-electron chi connectivity index (χ4n) is 4.56. The highest BCUT2D eigenvalue weighted by molar-refractivity contribution is 7.07. The quantitative estimate of drug-likeness (QED) is 0.261. The number of benzene rings is 3. The summed E-state index contributed by atoms with van der Waals surface area (Å²) in [7, 11) is 0. The molecule has 1 aliphatic heterocycles. The topological polar surface area (TPSA) is 96.2 Å². The van der Waals surface area contributed by atoms with Crippen molar-refractivity contribution in [1.82, 2.24) is 4.57 Å². The van der Waals surface area contributed by atoms with Gasteiger partial charge in [0.2, 0.25) is 0 Å². The van der Waals surface area contributed by atoms with E-state index < -0.39 is 18.0 Å². The first-order chi connectivity index (χ1) is 20.4. The minimum Gasteiger partial charge on any atom is -0.482 e. The Morgan fingerprint density at radius 3 is 2.31 bits per heavy atom. The fourth-order valence-corrected chi connectivity index (χ4v) is 5.68. The summed E-state index contributed by atoms with van der Waals surface area (Å²) in [6, 6.07) is 22.6. The van der Waals surface area contributed by atoms with Gasteiger partial charge in [0.1, 0.15) is 5.75 Å². The van der Waals surface area contributed by atoms with E-state index in [-0.39, 0.29) is 31.0 Å². The number of hydrogen-bond donors (Lipinski definition) is 0. The molecule has 1 aromatic heterocycles. The average molecular weight is 603 g/mol. The van der Waals surface area contributed by atoms with Gasteiger partial charge in [0.15, 0.2) is 11.4 Å². The lowest BCUT2D eigenvalue weighted by Crippen LogP contribution is -2.40. The Bertz CT molecular complexity index is 1810. The minimum atomic E-state index is -0.784. The monoisotopic (exact) mass is 602 g/mol. The number of carbonyl (C=O) groups excluding carboxylic acids is 2. The van der Waals surface area contributed by atoms with Crippen molar-refractivity contribution in [3.8, 4) is 5.75 Å². The van der Waals surface area contributed by atoms with Gasteiger partial charge in [0, 0.05) is 10.6 Å². The van der Waals surface area contributed by atoms with Crippen LogP contribution in [-0.2, 0) is 19.1 Å². The van der Waals surface area contributed by atoms with E-state index in [0.717, 1.165) is 11.1 Å². The first kappa shape index (κ1) is 29.0. The zero-order chi connectivity index (χ0) is 29.6. The average Bonchev–Trinajstić information content (AvgIpc) is 3.31. The zero-order valence-electron chi connectivity index (χ0n) is 22.9. The van der Waals surface area contributed by atoms with Crippen molar-refractivity contribution >= 4 is 46.6 Å². The molecule has 0 spiro atoms. The number of fused-ring (bicyclic) bond motifs is 1. The number of nitrogens with zero attached hydrogens (tertiary/aromatic N) is 2. The van der Waals surface area contributed by atoms with Gasteiger partial charge in [0.05, 0.1) is 35.1 Å². The van der Waals surface area contributed by atoms with E-state index in [4.69, 9.17) is 30.8 Å². The van der Waals surface area contributed by atoms with Crippen LogP contribution in [-0.4, -0.2) is 36.3 Å². The molecule has 42 heavy (non-hydrogen) atoms. The Hall–Kier alpha value is -4.47. The highest BCUT2D eigenvalue weighted by Gasteiger charge is 2.35. The smallest absolute Gasteiger partial charge is 0.344 e. The van der Waals surface area contributed by atoms with Crippen molar-refractivity contribution in [2.45, 2.75) is 19.9 Å². The Morgan fingerprint density at radius 2 is 1.64 bits per heavy atom. The first-order valence-corrected chi connectivity index (χ1v) is 14.5. The Morgan fingerprint density at radius 1 is 0.952 bits per heavy atom. The number of esters is 2. The molecule has 0 N–H and O–H groups in total. The van der Waals surface area contributed by atoms with Gasteiger partial charge in [-0.2, -0.15) is 0 Å². The molecule has 4 aromatic rings. The summed E-state index contributed by atoms with van der Waals surface area (Å²) in [5, 5.41) is 0.533. The standard InChI is InChI=1S/C32H27ClN2O6S/c1-3-39-26(36)19-41-24-16-10-20(11-17-24)18-25-30(37)35-29(22-12-14-23(33)15-13-22)27(31(38)40-4-2)28(34-32(35)42-25)21-8-6-5-7-9-21/h5-18,29H,3-4,19H2,1-2H3/b25-18-/t29-/m1/s1. The molecule has 0 fully saturated rings. The second-order valence-corrected chi connectivity index (χ2v) is 10.6. The van der Waals surface area contributed by atoms with Gasteiger partial charge in [-0.1, -0.05) is 77.5 Å². The maximum atomic E-state index is 13.9. The predicted octanol–water partition coefficient (Wildman–Crippen LogP) is 4.53. The zero-order valence-corrected chi connectivity index (χ0v) is 24.5. The predicted molar refractivity (Wildman–Crippen MR) is 161 cm³/mol. The molecule has 0 unspecified atom stereocenters. The highest BCUT2D eigenvalue weighted by atomic mass is 35.5. The molecule has 10 heteroatoms. The third-order valence-corrected chi connectivity index (χ3v) is 7.63. The summed E-state index contributed by atoms with van der Waals surface area (Å²) >= 11 is 7.42. The van der Waals surface area contributed by atoms with Crippen LogP contribution in [0.5, 0.6) is 5.75 Å². The van der Waals surface area contributed by atoms with Gasteiger partial charge in [0.25, 0.3) is 5.56 Å². The fraction of sp³-hybridized carbons (Fsp3) is 0.188. The molecule has 0 saturated carbocycles. The van der Waals surface area contributed by atoms with E-state index in [1.54, 1.807) is 68.5 Å². The van der Waals surface area contributed by atoms with Gasteiger partial charge < -0.3 is 14.2 Å². The molecule has 0 radical (unpaired) electrons. The summed E-state index contributed by atoms with van der Waals surface area (Å²) in [6.07, 6.45) is 1.76. The second kappa shape index (κ2) is 13.0. The van der Waals surface area contributed by atoms with Gasteiger partial charge in [-0.25, -0.2) is 14.6 Å². The van der Waals surface area contributed by atoms with Crippen molar-refractivity contribution in [2.75, 3.05) is 19.8 Å². The van der Waals surface area contributed by atoms with E-state index in [2.05, 4.69) is 0 Å². The Balaban J connectivity index is 1.63. The molecule has 2 heterocycles. The molecule has 1 atom stereocenters. The van der Waals surface area contributed by atoms with Crippen molar-refractivity contribution < 1.29 is 23.8 Å². The molecular formula is C32H27ClN2O6S. The normalized spacial score (nSPS) is 14.6. The van der Waals surface area contributed by atoms with Crippen molar-refractivity contribution in [3.63, 3.8) is 0 Å². The van der Waals surface area contributed by atoms with E-state index in [0.29, 0.717) is 31.4 Å². The maximum Gasteiger partial charge on any atom is 0.344 e. The summed E-state index contributed by atoms with van der Waals surface area (Å²) in [5.74, 6) is -0.501. The molecule has 0 saturated heterocycles. The molecule has 8 nitrogen and oxygen atoms in total. The number of carbonyl (C=O) groups is 2. The summed E-state index contributed by atoms with van der Waals surface area (Å²) in [6.45, 7) is 3.73. The van der Waals surface area contributed by atoms with E-state index in [9.17, 15) is 14.4 Å². The van der Waals surface area contributed by atoms with Crippen LogP contribution < -0.4 is 19.6 Å². The van der Waals surface area contributed by atoms with Gasteiger partial charge in [-0.3, -0.25) is 9.36 Å². The molecule has 0 amide bonds. The van der Waals surface area contributed by atoms with Crippen molar-refractivity contribution in [3.05, 3.63) is 126 Å². The largest absolute Gasteiger partial charge is 0.482 e. The van der Waals surface area contributed by atoms with Crippen LogP contribution in [0.15, 0.2) is 94.2 Å². The van der Waals surface area contributed by atoms with Crippen LogP contribution in [0.3, 0.4) is 0 Å². The van der Waals surface area contributed by atoms with Gasteiger partial charge >= 0.3 is 11.9 Å². The molecule has 3 aromatic carbocycles. The molecule has 1 aliphatic rings. The van der Waals surface area contributed by atoms with E-state index >= 15 is 0 Å². The number of hydrogen-bond acceptors (Lipinski definition) is 8. The van der Waals surface area contributed by atoms with Gasteiger partial charge in [-0.15, -0.1) is 0 Å². The van der Waals surface area contributed by atoms with Crippen molar-refractivity contribution in [2.24, 2.45) is 4.99 Å². The molecule has 0 aliphatic carbocycles. The minimum absolute atomic E-state index is 0.168.